The van der Waals surface area contributed by atoms with Crippen molar-refractivity contribution >= 4 is 6.03 Å². The van der Waals surface area contributed by atoms with E-state index >= 15 is 0 Å². The van der Waals surface area contributed by atoms with Gasteiger partial charge < -0.3 is 20.7 Å². The Bertz CT molecular complexity index is 367. The molecule has 2 rings (SSSR count). The fourth-order valence-corrected chi connectivity index (χ4v) is 3.96. The predicted octanol–water partition coefficient (Wildman–Crippen LogP) is 2.74. The van der Waals surface area contributed by atoms with Gasteiger partial charge in [-0.3, -0.25) is 0 Å². The minimum atomic E-state index is -0.000217. The first-order chi connectivity index (χ1) is 11.0. The number of carbonyl (C=O) groups is 1. The number of hydrogen-bond acceptors (Lipinski definition) is 3. The van der Waals surface area contributed by atoms with E-state index in [1.807, 2.05) is 11.8 Å². The van der Waals surface area contributed by atoms with Gasteiger partial charge in [0.2, 0.25) is 0 Å². The lowest BCUT2D eigenvalue weighted by Crippen LogP contribution is -2.58. The number of nitrogens with one attached hydrogen (secondary N) is 1. The molecule has 2 amide bonds. The molecular weight excluding hydrogens is 290 g/mol. The maximum Gasteiger partial charge on any atom is 0.317 e. The predicted molar refractivity (Wildman–Crippen MR) is 93.3 cm³/mol. The SMILES string of the molecule is CCNC(=O)N1CCCC(N)C1COC1CCC(C(C)C)CC1. The van der Waals surface area contributed by atoms with Gasteiger partial charge >= 0.3 is 6.03 Å². The number of nitrogens with zero attached hydrogens (tertiary/aromatic N) is 1. The second-order valence-corrected chi connectivity index (χ2v) is 7.52. The number of piperidine rings is 1. The van der Waals surface area contributed by atoms with Crippen molar-refractivity contribution in [2.75, 3.05) is 19.7 Å². The van der Waals surface area contributed by atoms with Crippen LogP contribution in [-0.2, 0) is 4.74 Å². The Kier molecular flexibility index (Phi) is 7.15. The molecular formula is C18H35N3O2. The van der Waals surface area contributed by atoms with Gasteiger partial charge in [0.25, 0.3) is 0 Å². The zero-order chi connectivity index (χ0) is 16.8. The van der Waals surface area contributed by atoms with Gasteiger partial charge in [-0.1, -0.05) is 13.8 Å². The normalized spacial score (nSPS) is 32.1. The summed E-state index contributed by atoms with van der Waals surface area (Å²) in [6.07, 6.45) is 7.12. The lowest BCUT2D eigenvalue weighted by molar-refractivity contribution is -0.0227. The highest BCUT2D eigenvalue weighted by molar-refractivity contribution is 5.74. The average molecular weight is 325 g/mol. The summed E-state index contributed by atoms with van der Waals surface area (Å²) in [4.78, 5) is 14.1. The van der Waals surface area contributed by atoms with Gasteiger partial charge in [0.1, 0.15) is 0 Å². The van der Waals surface area contributed by atoms with Gasteiger partial charge in [0.05, 0.1) is 18.8 Å². The van der Waals surface area contributed by atoms with E-state index in [4.69, 9.17) is 10.5 Å². The Balaban J connectivity index is 1.83. The van der Waals surface area contributed by atoms with Gasteiger partial charge in [0, 0.05) is 19.1 Å². The van der Waals surface area contributed by atoms with E-state index in [0.29, 0.717) is 19.3 Å². The summed E-state index contributed by atoms with van der Waals surface area (Å²) in [6, 6.07) is 0.0382. The molecule has 134 valence electrons. The van der Waals surface area contributed by atoms with Crippen molar-refractivity contribution in [1.82, 2.24) is 10.2 Å². The second-order valence-electron chi connectivity index (χ2n) is 7.52. The van der Waals surface area contributed by atoms with Gasteiger partial charge in [-0.2, -0.15) is 0 Å². The summed E-state index contributed by atoms with van der Waals surface area (Å²) in [6.45, 7) is 8.59. The Morgan fingerprint density at radius 2 is 1.96 bits per heavy atom. The summed E-state index contributed by atoms with van der Waals surface area (Å²) >= 11 is 0. The molecule has 5 nitrogen and oxygen atoms in total. The molecule has 5 heteroatoms. The Labute approximate surface area is 141 Å². The van der Waals surface area contributed by atoms with E-state index in [9.17, 15) is 4.79 Å². The summed E-state index contributed by atoms with van der Waals surface area (Å²) in [5.74, 6) is 1.62. The molecule has 1 aliphatic carbocycles. The third kappa shape index (κ3) is 5.08. The number of hydrogen-bond donors (Lipinski definition) is 2. The third-order valence-electron chi connectivity index (χ3n) is 5.58. The first kappa shape index (κ1) is 18.5. The lowest BCUT2D eigenvalue weighted by atomic mass is 9.80. The number of nitrogens with two attached hydrogens (primary N) is 1. The van der Waals surface area contributed by atoms with E-state index in [1.54, 1.807) is 0 Å². The molecule has 3 N–H and O–H groups in total. The summed E-state index contributed by atoms with van der Waals surface area (Å²) in [5.41, 5.74) is 6.28. The van der Waals surface area contributed by atoms with E-state index in [-0.39, 0.29) is 18.1 Å². The summed E-state index contributed by atoms with van der Waals surface area (Å²) in [7, 11) is 0. The lowest BCUT2D eigenvalue weighted by Gasteiger charge is -2.40. The summed E-state index contributed by atoms with van der Waals surface area (Å²) in [5, 5.41) is 2.90. The molecule has 2 aliphatic rings. The molecule has 23 heavy (non-hydrogen) atoms. The van der Waals surface area contributed by atoms with Crippen LogP contribution in [0.2, 0.25) is 0 Å². The zero-order valence-electron chi connectivity index (χ0n) is 15.1. The van der Waals surface area contributed by atoms with Gasteiger partial charge in [-0.05, 0) is 57.3 Å². The zero-order valence-corrected chi connectivity index (χ0v) is 15.1. The van der Waals surface area contributed by atoms with Crippen LogP contribution in [0.15, 0.2) is 0 Å². The number of carbonyl (C=O) groups excluding carboxylic acids is 1. The fourth-order valence-electron chi connectivity index (χ4n) is 3.96. The molecule has 1 saturated carbocycles. The van der Waals surface area contributed by atoms with E-state index < -0.39 is 0 Å². The quantitative estimate of drug-likeness (QED) is 0.817. The highest BCUT2D eigenvalue weighted by Gasteiger charge is 2.33. The number of rotatable bonds is 5. The molecule has 0 radical (unpaired) electrons. The Morgan fingerprint density at radius 3 is 2.57 bits per heavy atom. The van der Waals surface area contributed by atoms with Crippen molar-refractivity contribution in [1.29, 1.82) is 0 Å². The third-order valence-corrected chi connectivity index (χ3v) is 5.58. The Hall–Kier alpha value is -0.810. The summed E-state index contributed by atoms with van der Waals surface area (Å²) < 4.78 is 6.18. The van der Waals surface area contributed by atoms with Crippen LogP contribution in [0.1, 0.15) is 59.3 Å². The molecule has 2 atom stereocenters. The van der Waals surface area contributed by atoms with E-state index in [0.717, 1.165) is 44.1 Å². The first-order valence-corrected chi connectivity index (χ1v) is 9.44. The molecule has 0 aromatic rings. The van der Waals surface area contributed by atoms with Crippen LogP contribution in [0.25, 0.3) is 0 Å². The maximum atomic E-state index is 12.2. The van der Waals surface area contributed by atoms with Crippen LogP contribution < -0.4 is 11.1 Å². The number of likely N-dealkylation sites (tertiary alicyclic amines) is 1. The van der Waals surface area contributed by atoms with Crippen molar-refractivity contribution in [2.45, 2.75) is 77.5 Å². The molecule has 0 spiro atoms. The molecule has 0 aromatic carbocycles. The topological polar surface area (TPSA) is 67.6 Å². The van der Waals surface area contributed by atoms with E-state index in [2.05, 4.69) is 19.2 Å². The van der Waals surface area contributed by atoms with Crippen LogP contribution in [0.4, 0.5) is 4.79 Å². The highest BCUT2D eigenvalue weighted by atomic mass is 16.5. The van der Waals surface area contributed by atoms with Gasteiger partial charge in [0.15, 0.2) is 0 Å². The van der Waals surface area contributed by atoms with Gasteiger partial charge in [-0.25, -0.2) is 4.79 Å². The minimum absolute atomic E-state index is 0.000217. The average Bonchev–Trinajstić information content (AvgIpc) is 2.54. The highest BCUT2D eigenvalue weighted by Crippen LogP contribution is 2.31. The molecule has 2 fully saturated rings. The molecule has 1 heterocycles. The number of urea groups is 1. The second kappa shape index (κ2) is 8.88. The van der Waals surface area contributed by atoms with Crippen LogP contribution in [-0.4, -0.2) is 48.8 Å². The fraction of sp³-hybridized carbons (Fsp3) is 0.944. The van der Waals surface area contributed by atoms with Crippen LogP contribution in [0.5, 0.6) is 0 Å². The van der Waals surface area contributed by atoms with Crippen molar-refractivity contribution in [2.24, 2.45) is 17.6 Å². The van der Waals surface area contributed by atoms with E-state index in [1.165, 1.54) is 12.8 Å². The first-order valence-electron chi connectivity index (χ1n) is 9.44. The molecule has 2 unspecified atom stereocenters. The van der Waals surface area contributed by atoms with Crippen LogP contribution >= 0.6 is 0 Å². The van der Waals surface area contributed by atoms with Crippen molar-refractivity contribution in [3.63, 3.8) is 0 Å². The molecule has 1 saturated heterocycles. The van der Waals surface area contributed by atoms with Crippen molar-refractivity contribution in [3.8, 4) is 0 Å². The number of ether oxygens (including phenoxy) is 1. The minimum Gasteiger partial charge on any atom is -0.376 e. The number of amides is 2. The molecule has 0 aromatic heterocycles. The standard InChI is InChI=1S/C18H35N3O2/c1-4-20-18(22)21-11-5-6-16(19)17(21)12-23-15-9-7-14(8-10-15)13(2)3/h13-17H,4-12,19H2,1-3H3,(H,20,22). The van der Waals surface area contributed by atoms with Gasteiger partial charge in [-0.15, -0.1) is 0 Å². The monoisotopic (exact) mass is 325 g/mol. The van der Waals surface area contributed by atoms with Crippen molar-refractivity contribution < 1.29 is 9.53 Å². The maximum absolute atomic E-state index is 12.2. The largest absolute Gasteiger partial charge is 0.376 e. The van der Waals surface area contributed by atoms with Crippen LogP contribution in [0.3, 0.4) is 0 Å². The van der Waals surface area contributed by atoms with Crippen LogP contribution in [0, 0.1) is 11.8 Å². The van der Waals surface area contributed by atoms with Crippen molar-refractivity contribution in [3.05, 3.63) is 0 Å². The Morgan fingerprint density at radius 1 is 1.26 bits per heavy atom. The smallest absolute Gasteiger partial charge is 0.317 e. The molecule has 0 bridgehead atoms. The molecule has 1 aliphatic heterocycles.